The van der Waals surface area contributed by atoms with Crippen LogP contribution >= 0.6 is 0 Å². The first-order chi connectivity index (χ1) is 8.19. The fourth-order valence-electron chi connectivity index (χ4n) is 2.19. The fourth-order valence-corrected chi connectivity index (χ4v) is 2.19. The van der Waals surface area contributed by atoms with Crippen LogP contribution in [0.3, 0.4) is 0 Å². The van der Waals surface area contributed by atoms with Crippen molar-refractivity contribution in [3.05, 3.63) is 23.5 Å². The van der Waals surface area contributed by atoms with Crippen molar-refractivity contribution in [3.63, 3.8) is 0 Å². The molecule has 0 atom stereocenters. The summed E-state index contributed by atoms with van der Waals surface area (Å²) in [5, 5.41) is 9.76. The quantitative estimate of drug-likeness (QED) is 0.855. The number of aromatic nitrogens is 1. The summed E-state index contributed by atoms with van der Waals surface area (Å²) in [6.45, 7) is 10.4. The van der Waals surface area contributed by atoms with E-state index in [9.17, 15) is 5.11 Å². The lowest BCUT2D eigenvalue weighted by Gasteiger charge is -2.33. The van der Waals surface area contributed by atoms with Crippen LogP contribution in [0.2, 0.25) is 0 Å². The molecule has 0 spiro atoms. The zero-order valence-electron chi connectivity index (χ0n) is 10.7. The molecular weight excluding hydrogens is 214 g/mol. The Bertz CT molecular complexity index is 373. The highest BCUT2D eigenvalue weighted by Gasteiger charge is 2.17. The summed E-state index contributed by atoms with van der Waals surface area (Å²) in [5.74, 6) is 0.313. The van der Waals surface area contributed by atoms with E-state index in [2.05, 4.69) is 21.7 Å². The van der Waals surface area contributed by atoms with Gasteiger partial charge in [-0.2, -0.15) is 0 Å². The van der Waals surface area contributed by atoms with Crippen molar-refractivity contribution in [1.82, 2.24) is 14.8 Å². The van der Waals surface area contributed by atoms with Gasteiger partial charge in [0.1, 0.15) is 5.75 Å². The van der Waals surface area contributed by atoms with E-state index in [4.69, 9.17) is 0 Å². The number of piperazine rings is 1. The number of likely N-dealkylation sites (N-methyl/N-ethyl adjacent to an activating group) is 1. The number of hydrogen-bond acceptors (Lipinski definition) is 4. The van der Waals surface area contributed by atoms with Crippen molar-refractivity contribution < 1.29 is 5.11 Å². The van der Waals surface area contributed by atoms with E-state index in [1.807, 2.05) is 13.0 Å². The summed E-state index contributed by atoms with van der Waals surface area (Å²) >= 11 is 0. The van der Waals surface area contributed by atoms with Gasteiger partial charge in [-0.15, -0.1) is 0 Å². The molecule has 17 heavy (non-hydrogen) atoms. The molecule has 1 aliphatic rings. The van der Waals surface area contributed by atoms with Gasteiger partial charge in [0.2, 0.25) is 0 Å². The molecule has 94 valence electrons. The highest BCUT2D eigenvalue weighted by molar-refractivity contribution is 5.27. The highest BCUT2D eigenvalue weighted by atomic mass is 16.3. The van der Waals surface area contributed by atoms with Crippen LogP contribution in [-0.4, -0.2) is 52.6 Å². The second kappa shape index (κ2) is 5.47. The molecule has 0 radical (unpaired) electrons. The summed E-state index contributed by atoms with van der Waals surface area (Å²) in [6, 6.07) is 3.58. The van der Waals surface area contributed by atoms with Crippen LogP contribution in [0.25, 0.3) is 0 Å². The number of aromatic hydroxyl groups is 1. The number of pyridine rings is 1. The molecule has 1 fully saturated rings. The number of rotatable bonds is 3. The van der Waals surface area contributed by atoms with Gasteiger partial charge in [-0.05, 0) is 25.6 Å². The third kappa shape index (κ3) is 3.17. The van der Waals surface area contributed by atoms with E-state index in [1.165, 1.54) is 0 Å². The van der Waals surface area contributed by atoms with Crippen LogP contribution in [0.4, 0.5) is 0 Å². The van der Waals surface area contributed by atoms with E-state index < -0.39 is 0 Å². The zero-order chi connectivity index (χ0) is 12.3. The van der Waals surface area contributed by atoms with Crippen molar-refractivity contribution in [2.75, 3.05) is 32.7 Å². The standard InChI is InChI=1S/C13H21N3O/c1-3-15-6-8-16(9-7-15)10-12-13(17)5-4-11(2)14-12/h4-5,17H,3,6-10H2,1-2H3. The summed E-state index contributed by atoms with van der Waals surface area (Å²) in [7, 11) is 0. The Labute approximate surface area is 103 Å². The number of aryl methyl sites for hydroxylation is 1. The summed E-state index contributed by atoms with van der Waals surface area (Å²) < 4.78 is 0. The first kappa shape index (κ1) is 12.3. The molecule has 4 nitrogen and oxygen atoms in total. The van der Waals surface area contributed by atoms with Gasteiger partial charge in [0.25, 0.3) is 0 Å². The van der Waals surface area contributed by atoms with Crippen molar-refractivity contribution in [3.8, 4) is 5.75 Å². The fraction of sp³-hybridized carbons (Fsp3) is 0.615. The minimum atomic E-state index is 0.313. The summed E-state index contributed by atoms with van der Waals surface area (Å²) in [6.07, 6.45) is 0. The van der Waals surface area contributed by atoms with Gasteiger partial charge in [0.05, 0.1) is 5.69 Å². The molecule has 1 aromatic heterocycles. The number of nitrogens with zero attached hydrogens (tertiary/aromatic N) is 3. The molecule has 0 aromatic carbocycles. The Morgan fingerprint density at radius 1 is 1.18 bits per heavy atom. The molecule has 1 N–H and O–H groups in total. The Hall–Kier alpha value is -1.13. The van der Waals surface area contributed by atoms with Gasteiger partial charge in [0, 0.05) is 38.4 Å². The molecule has 1 saturated heterocycles. The minimum absolute atomic E-state index is 0.313. The summed E-state index contributed by atoms with van der Waals surface area (Å²) in [4.78, 5) is 9.20. The van der Waals surface area contributed by atoms with Gasteiger partial charge in [0.15, 0.2) is 0 Å². The predicted molar refractivity (Wildman–Crippen MR) is 68.0 cm³/mol. The van der Waals surface area contributed by atoms with Crippen LogP contribution in [0.15, 0.2) is 12.1 Å². The average molecular weight is 235 g/mol. The first-order valence-electron chi connectivity index (χ1n) is 6.29. The molecule has 4 heteroatoms. The molecule has 0 aliphatic carbocycles. The Balaban J connectivity index is 1.95. The maximum absolute atomic E-state index is 9.76. The van der Waals surface area contributed by atoms with Crippen molar-refractivity contribution >= 4 is 0 Å². The lowest BCUT2D eigenvalue weighted by Crippen LogP contribution is -2.45. The van der Waals surface area contributed by atoms with E-state index in [-0.39, 0.29) is 0 Å². The third-order valence-corrected chi connectivity index (χ3v) is 3.37. The first-order valence-corrected chi connectivity index (χ1v) is 6.29. The van der Waals surface area contributed by atoms with Gasteiger partial charge < -0.3 is 10.0 Å². The molecule has 2 heterocycles. The minimum Gasteiger partial charge on any atom is -0.506 e. The third-order valence-electron chi connectivity index (χ3n) is 3.37. The predicted octanol–water partition coefficient (Wildman–Crippen LogP) is 1.23. The van der Waals surface area contributed by atoms with Gasteiger partial charge in [-0.1, -0.05) is 6.92 Å². The van der Waals surface area contributed by atoms with Crippen molar-refractivity contribution in [2.24, 2.45) is 0 Å². The second-order valence-corrected chi connectivity index (χ2v) is 4.63. The Kier molecular flexibility index (Phi) is 3.97. The molecule has 0 unspecified atom stereocenters. The van der Waals surface area contributed by atoms with E-state index >= 15 is 0 Å². The largest absolute Gasteiger partial charge is 0.506 e. The molecule has 0 bridgehead atoms. The van der Waals surface area contributed by atoms with Crippen LogP contribution in [-0.2, 0) is 6.54 Å². The second-order valence-electron chi connectivity index (χ2n) is 4.63. The highest BCUT2D eigenvalue weighted by Crippen LogP contribution is 2.17. The zero-order valence-corrected chi connectivity index (χ0v) is 10.7. The number of hydrogen-bond donors (Lipinski definition) is 1. The molecule has 1 aromatic rings. The lowest BCUT2D eigenvalue weighted by molar-refractivity contribution is 0.130. The smallest absolute Gasteiger partial charge is 0.138 e. The van der Waals surface area contributed by atoms with Crippen LogP contribution in [0.5, 0.6) is 5.75 Å². The van der Waals surface area contributed by atoms with E-state index in [1.54, 1.807) is 6.07 Å². The molecule has 1 aliphatic heterocycles. The van der Waals surface area contributed by atoms with Crippen molar-refractivity contribution in [1.29, 1.82) is 0 Å². The van der Waals surface area contributed by atoms with Gasteiger partial charge in [-0.25, -0.2) is 0 Å². The molecule has 0 saturated carbocycles. The lowest BCUT2D eigenvalue weighted by atomic mass is 10.2. The molecule has 0 amide bonds. The van der Waals surface area contributed by atoms with E-state index in [0.29, 0.717) is 5.75 Å². The topological polar surface area (TPSA) is 39.6 Å². The Morgan fingerprint density at radius 3 is 2.47 bits per heavy atom. The summed E-state index contributed by atoms with van der Waals surface area (Å²) in [5.41, 5.74) is 1.76. The monoisotopic (exact) mass is 235 g/mol. The van der Waals surface area contributed by atoms with Gasteiger partial charge >= 0.3 is 0 Å². The molecule has 2 rings (SSSR count). The average Bonchev–Trinajstić information content (AvgIpc) is 2.35. The molecular formula is C13H21N3O. The van der Waals surface area contributed by atoms with Crippen molar-refractivity contribution in [2.45, 2.75) is 20.4 Å². The SMILES string of the molecule is CCN1CCN(Cc2nc(C)ccc2O)CC1. The van der Waals surface area contributed by atoms with Crippen LogP contribution in [0.1, 0.15) is 18.3 Å². The maximum Gasteiger partial charge on any atom is 0.138 e. The van der Waals surface area contributed by atoms with E-state index in [0.717, 1.165) is 50.7 Å². The van der Waals surface area contributed by atoms with Crippen LogP contribution < -0.4 is 0 Å². The normalized spacial score (nSPS) is 18.5. The Morgan fingerprint density at radius 2 is 1.82 bits per heavy atom. The van der Waals surface area contributed by atoms with Gasteiger partial charge in [-0.3, -0.25) is 9.88 Å². The van der Waals surface area contributed by atoms with Crippen LogP contribution in [0, 0.1) is 6.92 Å². The maximum atomic E-state index is 9.76.